The molecule has 2 radical (unpaired) electrons. The molecule has 0 N–H and O–H groups in total. The number of benzene rings is 3. The van der Waals surface area contributed by atoms with Crippen LogP contribution in [-0.4, -0.2) is 17.9 Å². The SMILES string of the molecule is C=P([C-]=O)(C(=O)c1c(C)c(C)c(C)c(C)c1C)c1c(C)c(C)c(C)c(C)c1C.Cc1c(C)c(C)c(C)c(C)c1C.[CH3-].[Y].[Y]. The van der Waals surface area contributed by atoms with Gasteiger partial charge in [-0.05, 0) is 205 Å². The third kappa shape index (κ3) is 7.91. The molecule has 3 aromatic carbocycles. The Bertz CT molecular complexity index is 1450. The Labute approximate surface area is 314 Å². The summed E-state index contributed by atoms with van der Waals surface area (Å²) in [6, 6.07) is 2.16. The van der Waals surface area contributed by atoms with E-state index in [-0.39, 0.29) is 78.4 Å². The van der Waals surface area contributed by atoms with Crippen LogP contribution >= 0.6 is 6.89 Å². The molecule has 3 rings (SSSR count). The van der Waals surface area contributed by atoms with E-state index in [0.29, 0.717) is 5.56 Å². The van der Waals surface area contributed by atoms with Gasteiger partial charge < -0.3 is 12.2 Å². The molecule has 0 aliphatic carbocycles. The molecule has 0 aliphatic rings. The van der Waals surface area contributed by atoms with E-state index in [2.05, 4.69) is 81.6 Å². The van der Waals surface area contributed by atoms with E-state index in [1.807, 2.05) is 41.5 Å². The topological polar surface area (TPSA) is 34.1 Å². The maximum atomic E-state index is 13.9. The van der Waals surface area contributed by atoms with E-state index in [0.717, 1.165) is 49.8 Å². The molecule has 230 valence electrons. The number of hydrogen-bond acceptors (Lipinski definition) is 2. The summed E-state index contributed by atoms with van der Waals surface area (Å²) in [6.45, 7) is 30.5. The zero-order valence-corrected chi connectivity index (χ0v) is 36.7. The zero-order valence-electron chi connectivity index (χ0n) is 30.1. The summed E-state index contributed by atoms with van der Waals surface area (Å²) in [4.78, 5) is 26.2. The third-order valence-corrected chi connectivity index (χ3v) is 13.1. The van der Waals surface area contributed by atoms with E-state index in [1.165, 1.54) is 44.5 Å². The fourth-order valence-corrected chi connectivity index (χ4v) is 8.52. The van der Waals surface area contributed by atoms with E-state index >= 15 is 0 Å². The molecule has 2 nitrogen and oxygen atoms in total. The van der Waals surface area contributed by atoms with Gasteiger partial charge in [0, 0.05) is 71.0 Å². The largest absolute Gasteiger partial charge is 0.536 e. The van der Waals surface area contributed by atoms with Crippen LogP contribution in [0.15, 0.2) is 0 Å². The van der Waals surface area contributed by atoms with Gasteiger partial charge in [-0.2, -0.15) is 0 Å². The van der Waals surface area contributed by atoms with Crippen LogP contribution in [0.1, 0.15) is 99.4 Å². The van der Waals surface area contributed by atoms with Gasteiger partial charge in [-0.15, -0.1) is 13.2 Å². The van der Waals surface area contributed by atoms with Crippen molar-refractivity contribution in [2.75, 3.05) is 0 Å². The molecule has 3 aromatic rings. The molecule has 43 heavy (non-hydrogen) atoms. The van der Waals surface area contributed by atoms with Crippen molar-refractivity contribution >= 4 is 30.0 Å². The van der Waals surface area contributed by atoms with Gasteiger partial charge in [0.05, 0.1) is 0 Å². The fourth-order valence-electron chi connectivity index (χ4n) is 5.94. The van der Waals surface area contributed by atoms with Gasteiger partial charge in [0.2, 0.25) is 0 Å². The van der Waals surface area contributed by atoms with Gasteiger partial charge in [-0.25, -0.2) is 6.03 Å². The summed E-state index contributed by atoms with van der Waals surface area (Å²) in [5, 5.41) is 0.808. The van der Waals surface area contributed by atoms with Crippen molar-refractivity contribution < 1.29 is 75.0 Å². The molecule has 0 aliphatic heterocycles. The van der Waals surface area contributed by atoms with Crippen molar-refractivity contribution in [1.82, 2.24) is 0 Å². The van der Waals surface area contributed by atoms with Crippen LogP contribution in [-0.2, 0) is 70.2 Å². The molecule has 0 bridgehead atoms. The summed E-state index contributed by atoms with van der Waals surface area (Å²) in [5.41, 5.74) is 20.0. The molecule has 0 amide bonds. The summed E-state index contributed by atoms with van der Waals surface area (Å²) < 4.78 is 0. The van der Waals surface area contributed by atoms with Crippen LogP contribution in [0.4, 0.5) is 0 Å². The number of rotatable bonds is 4. The normalized spacial score (nSPS) is 11.6. The van der Waals surface area contributed by atoms with Crippen LogP contribution in [0.3, 0.4) is 0 Å². The molecule has 1 unspecified atom stereocenters. The van der Waals surface area contributed by atoms with Crippen LogP contribution in [0.25, 0.3) is 0 Å². The quantitative estimate of drug-likeness (QED) is 0.197. The Hall–Kier alpha value is -0.492. The predicted molar refractivity (Wildman–Crippen MR) is 185 cm³/mol. The number of hydrogen-bond donors (Lipinski definition) is 0. The van der Waals surface area contributed by atoms with E-state index in [9.17, 15) is 9.59 Å². The third-order valence-electron chi connectivity index (χ3n) is 10.4. The van der Waals surface area contributed by atoms with Gasteiger partial charge in [-0.1, -0.05) is 0 Å². The fraction of sp³-hybridized carbons (Fsp3) is 0.421. The molecule has 1 atom stereocenters. The van der Waals surface area contributed by atoms with E-state index in [4.69, 9.17) is 0 Å². The molecule has 0 saturated carbocycles. The standard InChI is InChI=1S/C25H32O2P.C12H18.CH3.2Y/c1-13-15(3)19(7)23(20(8)16(13)4)25(27)28(11,12-26)24-21(9)17(5)14(2)18(6)22(24)10;1-7-8(2)10(4)12(6)11(5)9(7)3;;;/h11H2,1-10H3;1-6H3;1H3;;/q-1;;-1;;. The molecule has 0 saturated heterocycles. The zero-order chi connectivity index (χ0) is 31.2. The van der Waals surface area contributed by atoms with Gasteiger partial charge in [0.15, 0.2) is 5.52 Å². The minimum Gasteiger partial charge on any atom is -0.536 e. The van der Waals surface area contributed by atoms with Gasteiger partial charge >= 0.3 is 0 Å². The smallest absolute Gasteiger partial charge is 0.162 e. The minimum atomic E-state index is -3.07. The second-order valence-electron chi connectivity index (χ2n) is 11.9. The van der Waals surface area contributed by atoms with Gasteiger partial charge in [0.25, 0.3) is 0 Å². The molecular formula is C38H53O2PY2-2. The minimum absolute atomic E-state index is 0. The van der Waals surface area contributed by atoms with Crippen molar-refractivity contribution in [3.63, 3.8) is 0 Å². The molecular weight excluding hydrogens is 697 g/mol. The molecule has 0 fully saturated rings. The Morgan fingerprint density at radius 1 is 0.442 bits per heavy atom. The van der Waals surface area contributed by atoms with Crippen LogP contribution < -0.4 is 5.30 Å². The molecule has 0 heterocycles. The van der Waals surface area contributed by atoms with E-state index in [1.54, 1.807) is 0 Å². The van der Waals surface area contributed by atoms with Crippen molar-refractivity contribution in [3.05, 3.63) is 102 Å². The van der Waals surface area contributed by atoms with Crippen LogP contribution in [0.5, 0.6) is 0 Å². The predicted octanol–water partition coefficient (Wildman–Crippen LogP) is 9.74. The average molecular weight is 751 g/mol. The first-order valence-corrected chi connectivity index (χ1v) is 16.1. The summed E-state index contributed by atoms with van der Waals surface area (Å²) in [6.07, 6.45) is 4.27. The van der Waals surface area contributed by atoms with Crippen LogP contribution in [0.2, 0.25) is 0 Å². The summed E-state index contributed by atoms with van der Waals surface area (Å²) >= 11 is 0. The van der Waals surface area contributed by atoms with Crippen molar-refractivity contribution in [1.29, 1.82) is 0 Å². The monoisotopic (exact) mass is 750 g/mol. The van der Waals surface area contributed by atoms with Gasteiger partial charge in [0.1, 0.15) is 0 Å². The first-order chi connectivity index (χ1) is 18.3. The average Bonchev–Trinajstić information content (AvgIpc) is 2.93. The Morgan fingerprint density at radius 2 is 0.628 bits per heavy atom. The maximum absolute atomic E-state index is 13.9. The maximum Gasteiger partial charge on any atom is 0.162 e. The molecule has 0 aromatic heterocycles. The van der Waals surface area contributed by atoms with Crippen molar-refractivity contribution in [2.24, 2.45) is 0 Å². The van der Waals surface area contributed by atoms with Crippen molar-refractivity contribution in [2.45, 2.75) is 111 Å². The summed E-state index contributed by atoms with van der Waals surface area (Å²) in [5.74, 6) is 0. The number of carbonyl (C=O) groups excluding carboxylic acids is 2. The number of carbonyl (C=O) groups is 1. The molecule has 5 heteroatoms. The Balaban J connectivity index is 0. The van der Waals surface area contributed by atoms with Gasteiger partial charge in [-0.3, -0.25) is 4.79 Å². The van der Waals surface area contributed by atoms with Crippen molar-refractivity contribution in [3.8, 4) is 0 Å². The molecule has 0 spiro atoms. The summed E-state index contributed by atoms with van der Waals surface area (Å²) in [7, 11) is 0. The first kappa shape index (κ1) is 44.6. The Morgan fingerprint density at radius 3 is 0.837 bits per heavy atom. The van der Waals surface area contributed by atoms with E-state index < -0.39 is 6.89 Å². The second-order valence-corrected chi connectivity index (χ2v) is 14.6. The Kier molecular flexibility index (Phi) is 17.5. The van der Waals surface area contributed by atoms with Crippen LogP contribution in [0, 0.1) is 118 Å². The first-order valence-electron chi connectivity index (χ1n) is 14.1. The second kappa shape index (κ2) is 16.9.